The Labute approximate surface area is 165 Å². The van der Waals surface area contributed by atoms with E-state index in [-0.39, 0.29) is 23.1 Å². The van der Waals surface area contributed by atoms with Gasteiger partial charge in [-0.05, 0) is 49.4 Å². The lowest BCUT2D eigenvalue weighted by atomic mass is 10.1. The number of Topliss-reactive ketones (excluding diaryl/α,β-unsaturated/α-hetero) is 1. The van der Waals surface area contributed by atoms with Crippen molar-refractivity contribution in [3.8, 4) is 0 Å². The molecule has 150 valence electrons. The van der Waals surface area contributed by atoms with Gasteiger partial charge in [0.25, 0.3) is 0 Å². The van der Waals surface area contributed by atoms with E-state index in [9.17, 15) is 18.0 Å². The monoisotopic (exact) mass is 403 g/mol. The molecule has 0 saturated carbocycles. The first-order valence-electron chi connectivity index (χ1n) is 9.02. The number of nitrogens with one attached hydrogen (secondary N) is 2. The highest BCUT2D eigenvalue weighted by atomic mass is 32.2. The van der Waals surface area contributed by atoms with E-state index in [1.165, 1.54) is 23.4 Å². The molecule has 0 fully saturated rings. The van der Waals surface area contributed by atoms with E-state index in [1.54, 1.807) is 50.2 Å². The van der Waals surface area contributed by atoms with Crippen LogP contribution in [-0.2, 0) is 14.8 Å². The first kappa shape index (κ1) is 21.6. The molecule has 7 nitrogen and oxygen atoms in total. The van der Waals surface area contributed by atoms with Crippen LogP contribution in [0.1, 0.15) is 31.1 Å². The smallest absolute Gasteiger partial charge is 0.243 e. The number of nitrogens with zero attached hydrogens (tertiary/aromatic N) is 1. The lowest BCUT2D eigenvalue weighted by Crippen LogP contribution is -2.30. The van der Waals surface area contributed by atoms with E-state index in [2.05, 4.69) is 10.6 Å². The summed E-state index contributed by atoms with van der Waals surface area (Å²) in [4.78, 5) is 23.6. The highest BCUT2D eigenvalue weighted by Crippen LogP contribution is 2.19. The van der Waals surface area contributed by atoms with Crippen LogP contribution >= 0.6 is 0 Å². The van der Waals surface area contributed by atoms with Gasteiger partial charge < -0.3 is 10.6 Å². The third-order valence-electron chi connectivity index (χ3n) is 4.21. The second kappa shape index (κ2) is 9.48. The molecule has 2 N–H and O–H groups in total. The number of hydrogen-bond donors (Lipinski definition) is 2. The Morgan fingerprint density at radius 2 is 1.61 bits per heavy atom. The summed E-state index contributed by atoms with van der Waals surface area (Å²) in [5, 5.41) is 5.65. The molecule has 0 unspecified atom stereocenters. The molecule has 2 rings (SSSR count). The van der Waals surface area contributed by atoms with Crippen molar-refractivity contribution in [2.45, 2.75) is 25.7 Å². The van der Waals surface area contributed by atoms with Gasteiger partial charge in [0.15, 0.2) is 5.78 Å². The van der Waals surface area contributed by atoms with Crippen molar-refractivity contribution in [3.05, 3.63) is 54.1 Å². The van der Waals surface area contributed by atoms with Crippen molar-refractivity contribution in [3.63, 3.8) is 0 Å². The standard InChI is InChI=1S/C20H25N3O4S/c1-4-23(5-2)28(26,27)19-8-6-7-18(13-19)22-20(25)14-21-17-11-9-16(10-12-17)15(3)24/h6-13,21H,4-5,14H2,1-3H3,(H,22,25). The third kappa shape index (κ3) is 5.40. The molecule has 2 aromatic rings. The largest absolute Gasteiger partial charge is 0.376 e. The fourth-order valence-electron chi connectivity index (χ4n) is 2.66. The summed E-state index contributed by atoms with van der Waals surface area (Å²) in [5.41, 5.74) is 1.71. The summed E-state index contributed by atoms with van der Waals surface area (Å²) in [7, 11) is -3.59. The minimum absolute atomic E-state index is 0.00639. The molecule has 0 aromatic heterocycles. The quantitative estimate of drug-likeness (QED) is 0.628. The molecule has 0 saturated heterocycles. The second-order valence-corrected chi connectivity index (χ2v) is 8.09. The van der Waals surface area contributed by atoms with Gasteiger partial charge in [0, 0.05) is 30.0 Å². The predicted octanol–water partition coefficient (Wildman–Crippen LogP) is 2.97. The van der Waals surface area contributed by atoms with E-state index in [4.69, 9.17) is 0 Å². The average molecular weight is 404 g/mol. The first-order valence-corrected chi connectivity index (χ1v) is 10.5. The van der Waals surface area contributed by atoms with E-state index in [0.29, 0.717) is 30.0 Å². The molecule has 0 atom stereocenters. The Hall–Kier alpha value is -2.71. The highest BCUT2D eigenvalue weighted by Gasteiger charge is 2.21. The number of amides is 1. The van der Waals surface area contributed by atoms with Gasteiger partial charge in [-0.15, -0.1) is 0 Å². The Bertz CT molecular complexity index is 936. The van der Waals surface area contributed by atoms with E-state index in [0.717, 1.165) is 0 Å². The first-order chi connectivity index (χ1) is 13.3. The number of ketones is 1. The number of anilines is 2. The molecule has 28 heavy (non-hydrogen) atoms. The summed E-state index contributed by atoms with van der Waals surface area (Å²) in [5.74, 6) is -0.336. The lowest BCUT2D eigenvalue weighted by Gasteiger charge is -2.19. The van der Waals surface area contributed by atoms with Crippen LogP contribution in [0.15, 0.2) is 53.4 Å². The van der Waals surface area contributed by atoms with Gasteiger partial charge in [0.1, 0.15) is 0 Å². The second-order valence-electron chi connectivity index (χ2n) is 6.15. The van der Waals surface area contributed by atoms with E-state index < -0.39 is 10.0 Å². The summed E-state index contributed by atoms with van der Waals surface area (Å²) in [6.07, 6.45) is 0. The Kier molecular flexibility index (Phi) is 7.31. The van der Waals surface area contributed by atoms with Crippen molar-refractivity contribution in [1.29, 1.82) is 0 Å². The Balaban J connectivity index is 2.01. The van der Waals surface area contributed by atoms with Crippen molar-refractivity contribution in [2.24, 2.45) is 0 Å². The number of rotatable bonds is 9. The molecule has 0 bridgehead atoms. The highest BCUT2D eigenvalue weighted by molar-refractivity contribution is 7.89. The lowest BCUT2D eigenvalue weighted by molar-refractivity contribution is -0.114. The van der Waals surface area contributed by atoms with Crippen LogP contribution in [0.3, 0.4) is 0 Å². The predicted molar refractivity (Wildman–Crippen MR) is 110 cm³/mol. The molecule has 0 aliphatic heterocycles. The summed E-state index contributed by atoms with van der Waals surface area (Å²) in [6, 6.07) is 13.0. The van der Waals surface area contributed by atoms with Crippen LogP contribution < -0.4 is 10.6 Å². The van der Waals surface area contributed by atoms with Crippen LogP contribution in [0, 0.1) is 0 Å². The maximum atomic E-state index is 12.6. The Morgan fingerprint density at radius 3 is 2.18 bits per heavy atom. The molecule has 0 aliphatic rings. The van der Waals surface area contributed by atoms with Gasteiger partial charge in [0.05, 0.1) is 11.4 Å². The molecular weight excluding hydrogens is 378 g/mol. The van der Waals surface area contributed by atoms with Crippen molar-refractivity contribution >= 4 is 33.1 Å². The number of benzene rings is 2. The molecule has 0 aliphatic carbocycles. The van der Waals surface area contributed by atoms with Crippen LogP contribution in [0.25, 0.3) is 0 Å². The maximum Gasteiger partial charge on any atom is 0.243 e. The fourth-order valence-corrected chi connectivity index (χ4v) is 4.16. The fraction of sp³-hybridized carbons (Fsp3) is 0.300. The average Bonchev–Trinajstić information content (AvgIpc) is 2.67. The zero-order valence-electron chi connectivity index (χ0n) is 16.2. The van der Waals surface area contributed by atoms with E-state index in [1.807, 2.05) is 0 Å². The Morgan fingerprint density at radius 1 is 0.964 bits per heavy atom. The zero-order valence-corrected chi connectivity index (χ0v) is 17.0. The molecule has 1 amide bonds. The molecule has 8 heteroatoms. The summed E-state index contributed by atoms with van der Waals surface area (Å²) >= 11 is 0. The number of hydrogen-bond acceptors (Lipinski definition) is 5. The molecule has 2 aromatic carbocycles. The molecule has 0 heterocycles. The SMILES string of the molecule is CCN(CC)S(=O)(=O)c1cccc(NC(=O)CNc2ccc(C(C)=O)cc2)c1. The van der Waals surface area contributed by atoms with E-state index >= 15 is 0 Å². The maximum absolute atomic E-state index is 12.6. The van der Waals surface area contributed by atoms with Crippen molar-refractivity contribution < 1.29 is 18.0 Å². The van der Waals surface area contributed by atoms with Gasteiger partial charge in [0.2, 0.25) is 15.9 Å². The normalized spacial score (nSPS) is 11.3. The van der Waals surface area contributed by atoms with Crippen LogP contribution in [0.2, 0.25) is 0 Å². The van der Waals surface area contributed by atoms with Gasteiger partial charge in [-0.3, -0.25) is 9.59 Å². The van der Waals surface area contributed by atoms with Crippen molar-refractivity contribution in [2.75, 3.05) is 30.3 Å². The zero-order chi connectivity index (χ0) is 20.7. The molecule has 0 radical (unpaired) electrons. The van der Waals surface area contributed by atoms with Gasteiger partial charge in [-0.1, -0.05) is 19.9 Å². The summed E-state index contributed by atoms with van der Waals surface area (Å²) < 4.78 is 26.6. The molecule has 0 spiro atoms. The number of carbonyl (C=O) groups is 2. The number of carbonyl (C=O) groups excluding carboxylic acids is 2. The van der Waals surface area contributed by atoms with Crippen molar-refractivity contribution in [1.82, 2.24) is 4.31 Å². The van der Waals surface area contributed by atoms with Crippen LogP contribution in [0.5, 0.6) is 0 Å². The minimum atomic E-state index is -3.59. The summed E-state index contributed by atoms with van der Waals surface area (Å²) in [6.45, 7) is 5.81. The van der Waals surface area contributed by atoms with Crippen LogP contribution in [0.4, 0.5) is 11.4 Å². The molecular formula is C20H25N3O4S. The van der Waals surface area contributed by atoms with Gasteiger partial charge >= 0.3 is 0 Å². The number of sulfonamides is 1. The van der Waals surface area contributed by atoms with Gasteiger partial charge in [-0.2, -0.15) is 4.31 Å². The van der Waals surface area contributed by atoms with Crippen LogP contribution in [-0.4, -0.2) is 44.0 Å². The minimum Gasteiger partial charge on any atom is -0.376 e. The third-order valence-corrected chi connectivity index (χ3v) is 6.25. The topological polar surface area (TPSA) is 95.6 Å². The van der Waals surface area contributed by atoms with Gasteiger partial charge in [-0.25, -0.2) is 8.42 Å².